The van der Waals surface area contributed by atoms with Crippen molar-refractivity contribution in [3.63, 3.8) is 0 Å². The molecular formula is C17H26N2. The van der Waals surface area contributed by atoms with Gasteiger partial charge in [0.05, 0.1) is 0 Å². The summed E-state index contributed by atoms with van der Waals surface area (Å²) in [5, 5.41) is 1.39. The van der Waals surface area contributed by atoms with Crippen LogP contribution in [0.5, 0.6) is 0 Å². The van der Waals surface area contributed by atoms with Crippen LogP contribution in [-0.2, 0) is 0 Å². The highest BCUT2D eigenvalue weighted by Crippen LogP contribution is 2.36. The average Bonchev–Trinajstić information content (AvgIpc) is 2.84. The summed E-state index contributed by atoms with van der Waals surface area (Å²) in [6.07, 6.45) is 7.07. The predicted molar refractivity (Wildman–Crippen MR) is 83.6 cm³/mol. The van der Waals surface area contributed by atoms with E-state index in [1.54, 1.807) is 0 Å². The Morgan fingerprint density at radius 1 is 1.21 bits per heavy atom. The van der Waals surface area contributed by atoms with E-state index >= 15 is 0 Å². The molecule has 0 saturated heterocycles. The van der Waals surface area contributed by atoms with Gasteiger partial charge in [0.1, 0.15) is 0 Å². The van der Waals surface area contributed by atoms with Gasteiger partial charge in [-0.1, -0.05) is 31.9 Å². The summed E-state index contributed by atoms with van der Waals surface area (Å²) in [4.78, 5) is 3.39. The van der Waals surface area contributed by atoms with Gasteiger partial charge in [-0.15, -0.1) is 0 Å². The third-order valence-electron chi connectivity index (χ3n) is 4.02. The number of hydrogen-bond donors (Lipinski definition) is 2. The Kier molecular flexibility index (Phi) is 4.65. The molecule has 3 rings (SSSR count). The highest BCUT2D eigenvalue weighted by atomic mass is 14.7. The van der Waals surface area contributed by atoms with Gasteiger partial charge in [0.15, 0.2) is 0 Å². The van der Waals surface area contributed by atoms with Crippen molar-refractivity contribution in [2.45, 2.75) is 58.4 Å². The third-order valence-corrected chi connectivity index (χ3v) is 4.02. The quantitative estimate of drug-likeness (QED) is 0.777. The first-order chi connectivity index (χ1) is 9.24. The van der Waals surface area contributed by atoms with Crippen LogP contribution in [0.3, 0.4) is 0 Å². The SMILES string of the molecule is CC.Cc1ccc2[nH]cc(C3CCCC(N)C3)c2c1. The third kappa shape index (κ3) is 3.01. The van der Waals surface area contributed by atoms with Gasteiger partial charge in [0.25, 0.3) is 0 Å². The Bertz CT molecular complexity index is 527. The maximum absolute atomic E-state index is 6.09. The van der Waals surface area contributed by atoms with Crippen molar-refractivity contribution in [1.82, 2.24) is 4.98 Å². The smallest absolute Gasteiger partial charge is 0.0457 e. The lowest BCUT2D eigenvalue weighted by Crippen LogP contribution is -2.26. The number of fused-ring (bicyclic) bond motifs is 1. The molecule has 1 aliphatic carbocycles. The second kappa shape index (κ2) is 6.25. The van der Waals surface area contributed by atoms with Gasteiger partial charge in [-0.3, -0.25) is 0 Å². The largest absolute Gasteiger partial charge is 0.361 e. The van der Waals surface area contributed by atoms with Crippen molar-refractivity contribution >= 4 is 10.9 Å². The van der Waals surface area contributed by atoms with Gasteiger partial charge in [-0.2, -0.15) is 0 Å². The molecule has 1 aliphatic rings. The second-order valence-electron chi connectivity index (χ2n) is 5.42. The number of hydrogen-bond acceptors (Lipinski definition) is 1. The summed E-state index contributed by atoms with van der Waals surface area (Å²) in [6.45, 7) is 6.16. The van der Waals surface area contributed by atoms with E-state index in [4.69, 9.17) is 5.73 Å². The first-order valence-corrected chi connectivity index (χ1v) is 7.57. The fourth-order valence-corrected chi connectivity index (χ4v) is 3.10. The van der Waals surface area contributed by atoms with Crippen molar-refractivity contribution in [1.29, 1.82) is 0 Å². The Morgan fingerprint density at radius 2 is 2.00 bits per heavy atom. The number of aryl methyl sites for hydroxylation is 1. The second-order valence-corrected chi connectivity index (χ2v) is 5.42. The van der Waals surface area contributed by atoms with Crippen LogP contribution in [0.1, 0.15) is 56.6 Å². The molecule has 2 heteroatoms. The standard InChI is InChI=1S/C15H20N2.C2H6/c1-10-5-6-15-13(7-10)14(9-17-15)11-3-2-4-12(16)8-11;1-2/h5-7,9,11-12,17H,2-4,8,16H2,1H3;1-2H3. The Morgan fingerprint density at radius 3 is 2.74 bits per heavy atom. The molecule has 2 aromatic rings. The number of rotatable bonds is 1. The molecule has 19 heavy (non-hydrogen) atoms. The van der Waals surface area contributed by atoms with Gasteiger partial charge < -0.3 is 10.7 Å². The minimum Gasteiger partial charge on any atom is -0.361 e. The van der Waals surface area contributed by atoms with Crippen LogP contribution in [0.2, 0.25) is 0 Å². The molecule has 1 aromatic heterocycles. The lowest BCUT2D eigenvalue weighted by Gasteiger charge is -2.26. The van der Waals surface area contributed by atoms with Crippen molar-refractivity contribution in [3.05, 3.63) is 35.5 Å². The zero-order chi connectivity index (χ0) is 13.8. The molecule has 104 valence electrons. The van der Waals surface area contributed by atoms with E-state index in [1.165, 1.54) is 41.3 Å². The highest BCUT2D eigenvalue weighted by molar-refractivity contribution is 5.84. The van der Waals surface area contributed by atoms with Crippen molar-refractivity contribution in [3.8, 4) is 0 Å². The minimum atomic E-state index is 0.392. The van der Waals surface area contributed by atoms with E-state index in [-0.39, 0.29) is 0 Å². The zero-order valence-corrected chi connectivity index (χ0v) is 12.4. The van der Waals surface area contributed by atoms with Gasteiger partial charge in [-0.05, 0) is 49.8 Å². The number of nitrogens with one attached hydrogen (secondary N) is 1. The van der Waals surface area contributed by atoms with Crippen molar-refractivity contribution < 1.29 is 0 Å². The van der Waals surface area contributed by atoms with E-state index in [0.29, 0.717) is 12.0 Å². The normalized spacial score (nSPS) is 22.9. The first kappa shape index (κ1) is 14.1. The van der Waals surface area contributed by atoms with Gasteiger partial charge in [-0.25, -0.2) is 0 Å². The molecule has 3 N–H and O–H groups in total. The summed E-state index contributed by atoms with van der Waals surface area (Å²) in [7, 11) is 0. The molecular weight excluding hydrogens is 232 g/mol. The van der Waals surface area contributed by atoms with Gasteiger partial charge >= 0.3 is 0 Å². The fraction of sp³-hybridized carbons (Fsp3) is 0.529. The van der Waals surface area contributed by atoms with Crippen LogP contribution >= 0.6 is 0 Å². The summed E-state index contributed by atoms with van der Waals surface area (Å²) in [5.74, 6) is 0.647. The molecule has 1 aromatic carbocycles. The van der Waals surface area contributed by atoms with Crippen LogP contribution < -0.4 is 5.73 Å². The average molecular weight is 258 g/mol. The Balaban J connectivity index is 0.000000637. The van der Waals surface area contributed by atoms with Crippen LogP contribution in [0, 0.1) is 6.92 Å². The summed E-state index contributed by atoms with van der Waals surface area (Å²) < 4.78 is 0. The summed E-state index contributed by atoms with van der Waals surface area (Å²) in [5.41, 5.74) is 10.2. The number of nitrogens with two attached hydrogens (primary N) is 1. The highest BCUT2D eigenvalue weighted by Gasteiger charge is 2.22. The van der Waals surface area contributed by atoms with E-state index in [9.17, 15) is 0 Å². The lowest BCUT2D eigenvalue weighted by molar-refractivity contribution is 0.395. The molecule has 2 nitrogen and oxygen atoms in total. The van der Waals surface area contributed by atoms with Crippen molar-refractivity contribution in [2.75, 3.05) is 0 Å². The van der Waals surface area contributed by atoms with Crippen LogP contribution in [0.25, 0.3) is 10.9 Å². The van der Waals surface area contributed by atoms with Crippen molar-refractivity contribution in [2.24, 2.45) is 5.73 Å². The molecule has 1 heterocycles. The van der Waals surface area contributed by atoms with E-state index in [1.807, 2.05) is 13.8 Å². The van der Waals surface area contributed by atoms with Gasteiger partial charge in [0.2, 0.25) is 0 Å². The molecule has 1 fully saturated rings. The predicted octanol–water partition coefficient (Wildman–Crippen LogP) is 4.49. The number of aromatic amines is 1. The number of H-pyrrole nitrogens is 1. The molecule has 0 bridgehead atoms. The topological polar surface area (TPSA) is 41.8 Å². The van der Waals surface area contributed by atoms with Crippen LogP contribution in [0.15, 0.2) is 24.4 Å². The molecule has 2 atom stereocenters. The van der Waals surface area contributed by atoms with E-state index in [2.05, 4.69) is 36.3 Å². The first-order valence-electron chi connectivity index (χ1n) is 7.57. The zero-order valence-electron chi connectivity index (χ0n) is 12.4. The summed E-state index contributed by atoms with van der Waals surface area (Å²) >= 11 is 0. The molecule has 1 saturated carbocycles. The lowest BCUT2D eigenvalue weighted by atomic mass is 9.81. The van der Waals surface area contributed by atoms with Crippen LogP contribution in [-0.4, -0.2) is 11.0 Å². The summed E-state index contributed by atoms with van der Waals surface area (Å²) in [6, 6.07) is 7.02. The molecule has 2 unspecified atom stereocenters. The molecule has 0 spiro atoms. The van der Waals surface area contributed by atoms with Gasteiger partial charge in [0, 0.05) is 23.1 Å². The Hall–Kier alpha value is -1.28. The monoisotopic (exact) mass is 258 g/mol. The fourth-order valence-electron chi connectivity index (χ4n) is 3.10. The maximum Gasteiger partial charge on any atom is 0.0457 e. The number of benzene rings is 1. The minimum absolute atomic E-state index is 0.392. The number of aromatic nitrogens is 1. The van der Waals surface area contributed by atoms with E-state index < -0.39 is 0 Å². The van der Waals surface area contributed by atoms with Crippen LogP contribution in [0.4, 0.5) is 0 Å². The molecule has 0 amide bonds. The molecule has 0 radical (unpaired) electrons. The molecule has 0 aliphatic heterocycles. The van der Waals surface area contributed by atoms with E-state index in [0.717, 1.165) is 6.42 Å². The maximum atomic E-state index is 6.09. The Labute approximate surface area is 116 Å².